The number of para-hydroxylation sites is 1. The molecule has 0 aliphatic carbocycles. The van der Waals surface area contributed by atoms with E-state index in [1.54, 1.807) is 48.5 Å². The van der Waals surface area contributed by atoms with Crippen molar-refractivity contribution in [2.24, 2.45) is 0 Å². The zero-order chi connectivity index (χ0) is 19.2. The topological polar surface area (TPSA) is 88.4 Å². The van der Waals surface area contributed by atoms with Gasteiger partial charge in [0, 0.05) is 24.2 Å². The molecule has 3 aromatic rings. The molecule has 0 fully saturated rings. The van der Waals surface area contributed by atoms with Gasteiger partial charge in [0.25, 0.3) is 5.91 Å². The van der Waals surface area contributed by atoms with Crippen LogP contribution in [0.2, 0.25) is 0 Å². The molecule has 2 aromatic carbocycles. The van der Waals surface area contributed by atoms with Crippen LogP contribution in [0, 0.1) is 11.8 Å². The smallest absolute Gasteiger partial charge is 0.287 e. The fourth-order valence-corrected chi connectivity index (χ4v) is 2.41. The Hall–Kier alpha value is -3.85. The number of carbonyl (C=O) groups is 2. The van der Waals surface area contributed by atoms with Gasteiger partial charge in [-0.3, -0.25) is 14.4 Å². The summed E-state index contributed by atoms with van der Waals surface area (Å²) >= 11 is 0. The third kappa shape index (κ3) is 4.61. The van der Waals surface area contributed by atoms with Crippen molar-refractivity contribution < 1.29 is 14.0 Å². The second kappa shape index (κ2) is 8.02. The Labute approximate surface area is 155 Å². The van der Waals surface area contributed by atoms with Crippen LogP contribution in [0.1, 0.15) is 23.0 Å². The Morgan fingerprint density at radius 2 is 1.81 bits per heavy atom. The molecule has 2 amide bonds. The lowest BCUT2D eigenvalue weighted by molar-refractivity contribution is -0.114. The van der Waals surface area contributed by atoms with E-state index < -0.39 is 5.91 Å². The predicted octanol–water partition coefficient (Wildman–Crippen LogP) is 2.53. The Balaban J connectivity index is 1.63. The highest BCUT2D eigenvalue weighted by molar-refractivity contribution is 5.93. The number of rotatable bonds is 3. The van der Waals surface area contributed by atoms with Crippen molar-refractivity contribution in [1.29, 1.82) is 0 Å². The lowest BCUT2D eigenvalue weighted by atomic mass is 10.2. The fraction of sp³-hybridized carbons (Fsp3) is 0.0952. The molecule has 3 rings (SSSR count). The molecule has 0 saturated carbocycles. The van der Waals surface area contributed by atoms with Crippen LogP contribution in [0.25, 0.3) is 11.0 Å². The first kappa shape index (κ1) is 18.0. The summed E-state index contributed by atoms with van der Waals surface area (Å²) in [6.45, 7) is 1.54. The predicted molar refractivity (Wildman–Crippen MR) is 102 cm³/mol. The summed E-state index contributed by atoms with van der Waals surface area (Å²) in [7, 11) is 0. The van der Waals surface area contributed by atoms with Crippen LogP contribution in [-0.2, 0) is 4.79 Å². The van der Waals surface area contributed by atoms with Gasteiger partial charge in [0.05, 0.1) is 11.9 Å². The van der Waals surface area contributed by atoms with E-state index in [-0.39, 0.29) is 23.6 Å². The van der Waals surface area contributed by atoms with Crippen LogP contribution in [-0.4, -0.2) is 18.4 Å². The van der Waals surface area contributed by atoms with Crippen molar-refractivity contribution in [2.75, 3.05) is 11.9 Å². The van der Waals surface area contributed by atoms with Gasteiger partial charge >= 0.3 is 0 Å². The highest BCUT2D eigenvalue weighted by Crippen LogP contribution is 2.11. The van der Waals surface area contributed by atoms with Crippen LogP contribution < -0.4 is 16.1 Å². The lowest BCUT2D eigenvalue weighted by Gasteiger charge is -2.02. The second-order valence-corrected chi connectivity index (χ2v) is 5.71. The van der Waals surface area contributed by atoms with E-state index >= 15 is 0 Å². The summed E-state index contributed by atoms with van der Waals surface area (Å²) in [4.78, 5) is 35.1. The monoisotopic (exact) mass is 360 g/mol. The molecular formula is C21H16N2O4. The van der Waals surface area contributed by atoms with Gasteiger partial charge in [0.15, 0.2) is 11.2 Å². The molecule has 1 heterocycles. The van der Waals surface area contributed by atoms with E-state index in [9.17, 15) is 14.4 Å². The van der Waals surface area contributed by atoms with Crippen LogP contribution in [0.15, 0.2) is 63.8 Å². The summed E-state index contributed by atoms with van der Waals surface area (Å²) in [6.07, 6.45) is 0. The minimum atomic E-state index is -0.506. The maximum Gasteiger partial charge on any atom is 0.287 e. The lowest BCUT2D eigenvalue weighted by Crippen LogP contribution is -2.24. The summed E-state index contributed by atoms with van der Waals surface area (Å²) in [5, 5.41) is 5.69. The van der Waals surface area contributed by atoms with Crippen LogP contribution >= 0.6 is 0 Å². The maximum atomic E-state index is 12.1. The molecule has 0 radical (unpaired) electrons. The largest absolute Gasteiger partial charge is 0.451 e. The summed E-state index contributed by atoms with van der Waals surface area (Å²) in [6, 6.07) is 14.9. The Bertz CT molecular complexity index is 1120. The van der Waals surface area contributed by atoms with Crippen molar-refractivity contribution in [3.63, 3.8) is 0 Å². The number of benzene rings is 2. The first-order chi connectivity index (χ1) is 13.0. The van der Waals surface area contributed by atoms with Crippen molar-refractivity contribution >= 4 is 28.5 Å². The number of fused-ring (bicyclic) bond motifs is 1. The number of nitrogens with one attached hydrogen (secondary N) is 2. The molecule has 0 unspecified atom stereocenters. The van der Waals surface area contributed by atoms with Gasteiger partial charge in [-0.1, -0.05) is 24.0 Å². The Morgan fingerprint density at radius 3 is 2.56 bits per heavy atom. The number of hydrogen-bond donors (Lipinski definition) is 2. The molecule has 134 valence electrons. The van der Waals surface area contributed by atoms with E-state index in [0.29, 0.717) is 16.7 Å². The number of anilines is 1. The zero-order valence-electron chi connectivity index (χ0n) is 14.5. The van der Waals surface area contributed by atoms with Crippen LogP contribution in [0.4, 0.5) is 5.69 Å². The number of amides is 2. The van der Waals surface area contributed by atoms with E-state index in [0.717, 1.165) is 5.56 Å². The first-order valence-electron chi connectivity index (χ1n) is 8.20. The van der Waals surface area contributed by atoms with Crippen LogP contribution in [0.5, 0.6) is 0 Å². The maximum absolute atomic E-state index is 12.1. The van der Waals surface area contributed by atoms with E-state index in [1.807, 2.05) is 0 Å². The van der Waals surface area contributed by atoms with Gasteiger partial charge in [0.2, 0.25) is 5.91 Å². The van der Waals surface area contributed by atoms with Crippen molar-refractivity contribution in [2.45, 2.75) is 6.92 Å². The van der Waals surface area contributed by atoms with Crippen molar-refractivity contribution in [3.8, 4) is 11.8 Å². The van der Waals surface area contributed by atoms with Gasteiger partial charge in [-0.15, -0.1) is 0 Å². The van der Waals surface area contributed by atoms with Crippen molar-refractivity contribution in [3.05, 3.63) is 76.1 Å². The minimum Gasteiger partial charge on any atom is -0.451 e. The normalized spacial score (nSPS) is 9.96. The van der Waals surface area contributed by atoms with Crippen molar-refractivity contribution in [1.82, 2.24) is 5.32 Å². The number of hydrogen-bond acceptors (Lipinski definition) is 4. The molecule has 0 aliphatic heterocycles. The summed E-state index contributed by atoms with van der Waals surface area (Å²) in [5.41, 5.74) is 1.52. The number of carbonyl (C=O) groups excluding carboxylic acids is 2. The molecule has 0 spiro atoms. The fourth-order valence-electron chi connectivity index (χ4n) is 2.41. The molecule has 6 nitrogen and oxygen atoms in total. The molecule has 6 heteroatoms. The molecule has 0 aliphatic rings. The molecule has 2 N–H and O–H groups in total. The Morgan fingerprint density at radius 1 is 1.07 bits per heavy atom. The van der Waals surface area contributed by atoms with Gasteiger partial charge in [-0.05, 0) is 36.4 Å². The average molecular weight is 360 g/mol. The third-order valence-electron chi connectivity index (χ3n) is 3.63. The average Bonchev–Trinajstić information content (AvgIpc) is 2.66. The van der Waals surface area contributed by atoms with Gasteiger partial charge in [-0.25, -0.2) is 0 Å². The summed E-state index contributed by atoms with van der Waals surface area (Å²) < 4.78 is 5.47. The van der Waals surface area contributed by atoms with E-state index in [1.165, 1.54) is 13.0 Å². The molecule has 0 saturated heterocycles. The highest BCUT2D eigenvalue weighted by Gasteiger charge is 2.11. The summed E-state index contributed by atoms with van der Waals surface area (Å²) in [5.74, 6) is 5.03. The molecule has 27 heavy (non-hydrogen) atoms. The third-order valence-corrected chi connectivity index (χ3v) is 3.63. The van der Waals surface area contributed by atoms with Crippen LogP contribution in [0.3, 0.4) is 0 Å². The zero-order valence-corrected chi connectivity index (χ0v) is 14.5. The quantitative estimate of drug-likeness (QED) is 0.703. The van der Waals surface area contributed by atoms with Gasteiger partial charge in [0.1, 0.15) is 5.58 Å². The standard InChI is InChI=1S/C21H16N2O4/c1-14(24)23-16-10-8-15(9-11-16)5-4-12-22-21(26)20-13-18(25)17-6-2-3-7-19(17)27-20/h2-3,6-11,13H,12H2,1H3,(H,22,26)(H,23,24). The van der Waals surface area contributed by atoms with Gasteiger partial charge < -0.3 is 15.1 Å². The molecule has 1 aromatic heterocycles. The van der Waals surface area contributed by atoms with E-state index in [4.69, 9.17) is 4.42 Å². The molecule has 0 bridgehead atoms. The van der Waals surface area contributed by atoms with Gasteiger partial charge in [-0.2, -0.15) is 0 Å². The SMILES string of the molecule is CC(=O)Nc1ccc(C#CCNC(=O)c2cc(=O)c3ccccc3o2)cc1. The first-order valence-corrected chi connectivity index (χ1v) is 8.20. The highest BCUT2D eigenvalue weighted by atomic mass is 16.3. The van der Waals surface area contributed by atoms with E-state index in [2.05, 4.69) is 22.5 Å². The second-order valence-electron chi connectivity index (χ2n) is 5.71. The molecular weight excluding hydrogens is 344 g/mol. The Kier molecular flexibility index (Phi) is 5.33. The minimum absolute atomic E-state index is 0.0554. The molecule has 0 atom stereocenters.